The fraction of sp³-hybridized carbons (Fsp3) is 0.500. The molecule has 0 aromatic heterocycles. The highest BCUT2D eigenvalue weighted by molar-refractivity contribution is 7.99. The largest absolute Gasteiger partial charge is 0.371 e. The summed E-state index contributed by atoms with van der Waals surface area (Å²) in [6, 6.07) is 4.67. The van der Waals surface area contributed by atoms with Crippen molar-refractivity contribution >= 4 is 17.4 Å². The molecule has 0 saturated carbocycles. The van der Waals surface area contributed by atoms with E-state index in [0.717, 1.165) is 6.54 Å². The summed E-state index contributed by atoms with van der Waals surface area (Å²) < 4.78 is 0. The van der Waals surface area contributed by atoms with Gasteiger partial charge in [0, 0.05) is 29.4 Å². The molecule has 1 aromatic carbocycles. The van der Waals surface area contributed by atoms with Crippen LogP contribution in [0.5, 0.6) is 0 Å². The Morgan fingerprint density at radius 1 is 1.36 bits per heavy atom. The number of rotatable bonds is 1. The fourth-order valence-electron chi connectivity index (χ4n) is 2.54. The maximum Gasteiger partial charge on any atom is 0.0410 e. The lowest BCUT2D eigenvalue weighted by molar-refractivity contribution is 0.866. The standard InChI is InChI=1S/C12H15NS/c1-2-13-7-5-10-11(13)4-3-9-6-8-14-12(9)10/h3-4H,2,5-8H2,1H3. The number of hydrogen-bond acceptors (Lipinski definition) is 2. The fourth-order valence-corrected chi connectivity index (χ4v) is 3.80. The van der Waals surface area contributed by atoms with E-state index >= 15 is 0 Å². The van der Waals surface area contributed by atoms with Gasteiger partial charge >= 0.3 is 0 Å². The first-order chi connectivity index (χ1) is 6.90. The summed E-state index contributed by atoms with van der Waals surface area (Å²) in [7, 11) is 0. The van der Waals surface area contributed by atoms with Gasteiger partial charge in [-0.2, -0.15) is 0 Å². The molecule has 2 heteroatoms. The highest BCUT2D eigenvalue weighted by atomic mass is 32.2. The summed E-state index contributed by atoms with van der Waals surface area (Å²) in [6.45, 7) is 4.62. The van der Waals surface area contributed by atoms with Crippen LogP contribution in [0.1, 0.15) is 18.1 Å². The monoisotopic (exact) mass is 205 g/mol. The summed E-state index contributed by atoms with van der Waals surface area (Å²) in [4.78, 5) is 4.10. The first-order valence-corrected chi connectivity index (χ1v) is 6.41. The Hall–Kier alpha value is -0.630. The summed E-state index contributed by atoms with van der Waals surface area (Å²) in [5, 5.41) is 0. The number of fused-ring (bicyclic) bond motifs is 3. The molecule has 0 unspecified atom stereocenters. The predicted molar refractivity (Wildman–Crippen MR) is 62.5 cm³/mol. The van der Waals surface area contributed by atoms with E-state index in [9.17, 15) is 0 Å². The van der Waals surface area contributed by atoms with Crippen molar-refractivity contribution < 1.29 is 0 Å². The molecule has 0 radical (unpaired) electrons. The van der Waals surface area contributed by atoms with Crippen LogP contribution >= 0.6 is 11.8 Å². The summed E-state index contributed by atoms with van der Waals surface area (Å²) >= 11 is 2.06. The number of aryl methyl sites for hydroxylation is 1. The van der Waals surface area contributed by atoms with E-state index in [1.54, 1.807) is 16.0 Å². The lowest BCUT2D eigenvalue weighted by Gasteiger charge is -2.17. The van der Waals surface area contributed by atoms with E-state index in [1.165, 1.54) is 30.8 Å². The first kappa shape index (κ1) is 8.66. The quantitative estimate of drug-likeness (QED) is 0.693. The van der Waals surface area contributed by atoms with Gasteiger partial charge in [0.25, 0.3) is 0 Å². The van der Waals surface area contributed by atoms with Crippen molar-refractivity contribution in [3.63, 3.8) is 0 Å². The zero-order valence-electron chi connectivity index (χ0n) is 8.55. The summed E-state index contributed by atoms with van der Waals surface area (Å²) in [5.41, 5.74) is 4.72. The van der Waals surface area contributed by atoms with Gasteiger partial charge in [-0.25, -0.2) is 0 Å². The third kappa shape index (κ3) is 1.10. The van der Waals surface area contributed by atoms with Crippen LogP contribution in [0.3, 0.4) is 0 Å². The van der Waals surface area contributed by atoms with Gasteiger partial charge in [-0.1, -0.05) is 6.07 Å². The van der Waals surface area contributed by atoms with Crippen LogP contribution in [0, 0.1) is 0 Å². The summed E-state index contributed by atoms with van der Waals surface area (Å²) in [6.07, 6.45) is 2.54. The smallest absolute Gasteiger partial charge is 0.0410 e. The van der Waals surface area contributed by atoms with E-state index in [-0.39, 0.29) is 0 Å². The molecule has 1 aromatic rings. The molecule has 2 heterocycles. The van der Waals surface area contributed by atoms with Crippen molar-refractivity contribution in [3.05, 3.63) is 23.3 Å². The van der Waals surface area contributed by atoms with Crippen LogP contribution in [0.25, 0.3) is 0 Å². The van der Waals surface area contributed by atoms with E-state index in [0.29, 0.717) is 0 Å². The zero-order chi connectivity index (χ0) is 9.54. The van der Waals surface area contributed by atoms with Crippen molar-refractivity contribution in [2.24, 2.45) is 0 Å². The lowest BCUT2D eigenvalue weighted by atomic mass is 10.1. The average molecular weight is 205 g/mol. The molecule has 2 aliphatic rings. The maximum absolute atomic E-state index is 2.49. The SMILES string of the molecule is CCN1CCc2c1ccc1c2SCC1. The number of anilines is 1. The molecule has 0 aliphatic carbocycles. The minimum atomic E-state index is 1.15. The normalized spacial score (nSPS) is 18.5. The Balaban J connectivity index is 2.12. The molecule has 0 saturated heterocycles. The Kier molecular flexibility index (Phi) is 1.98. The number of nitrogens with zero attached hydrogens (tertiary/aromatic N) is 1. The highest BCUT2D eigenvalue weighted by Gasteiger charge is 2.24. The third-order valence-corrected chi connectivity index (χ3v) is 4.49. The second-order valence-electron chi connectivity index (χ2n) is 3.98. The average Bonchev–Trinajstić information content (AvgIpc) is 2.82. The summed E-state index contributed by atoms with van der Waals surface area (Å²) in [5.74, 6) is 1.29. The maximum atomic E-state index is 2.49. The molecule has 0 spiro atoms. The Morgan fingerprint density at radius 3 is 3.14 bits per heavy atom. The van der Waals surface area contributed by atoms with Crippen molar-refractivity contribution in [1.82, 2.24) is 0 Å². The van der Waals surface area contributed by atoms with E-state index < -0.39 is 0 Å². The van der Waals surface area contributed by atoms with Gasteiger partial charge in [-0.3, -0.25) is 0 Å². The number of hydrogen-bond donors (Lipinski definition) is 0. The van der Waals surface area contributed by atoms with Crippen LogP contribution in [0.4, 0.5) is 5.69 Å². The lowest BCUT2D eigenvalue weighted by Crippen LogP contribution is -2.18. The van der Waals surface area contributed by atoms with Crippen molar-refractivity contribution in [2.75, 3.05) is 23.7 Å². The van der Waals surface area contributed by atoms with Crippen LogP contribution < -0.4 is 4.90 Å². The molecule has 0 bridgehead atoms. The minimum absolute atomic E-state index is 1.15. The molecule has 0 N–H and O–H groups in total. The topological polar surface area (TPSA) is 3.24 Å². The molecule has 14 heavy (non-hydrogen) atoms. The number of benzene rings is 1. The number of likely N-dealkylation sites (N-methyl/N-ethyl adjacent to an activating group) is 1. The molecule has 2 aliphatic heterocycles. The second kappa shape index (κ2) is 3.20. The van der Waals surface area contributed by atoms with Crippen LogP contribution in [0.2, 0.25) is 0 Å². The van der Waals surface area contributed by atoms with Crippen molar-refractivity contribution in [1.29, 1.82) is 0 Å². The van der Waals surface area contributed by atoms with Crippen LogP contribution in [-0.4, -0.2) is 18.8 Å². The minimum Gasteiger partial charge on any atom is -0.371 e. The molecule has 1 nitrogen and oxygen atoms in total. The number of thioether (sulfide) groups is 1. The third-order valence-electron chi connectivity index (χ3n) is 3.29. The van der Waals surface area contributed by atoms with Gasteiger partial charge in [-0.05, 0) is 37.0 Å². The van der Waals surface area contributed by atoms with Gasteiger partial charge in [0.05, 0.1) is 0 Å². The Bertz CT molecular complexity index is 373. The molecule has 0 atom stereocenters. The van der Waals surface area contributed by atoms with Gasteiger partial charge in [-0.15, -0.1) is 11.8 Å². The molecule has 3 rings (SSSR count). The second-order valence-corrected chi connectivity index (χ2v) is 5.08. The molecular formula is C12H15NS. The molecule has 0 fully saturated rings. The Labute approximate surface area is 89.5 Å². The van der Waals surface area contributed by atoms with E-state index in [1.807, 2.05) is 0 Å². The van der Waals surface area contributed by atoms with Crippen molar-refractivity contribution in [2.45, 2.75) is 24.7 Å². The zero-order valence-corrected chi connectivity index (χ0v) is 9.36. The van der Waals surface area contributed by atoms with Crippen LogP contribution in [-0.2, 0) is 12.8 Å². The molecule has 0 amide bonds. The van der Waals surface area contributed by atoms with Gasteiger partial charge in [0.1, 0.15) is 0 Å². The molecule has 74 valence electrons. The first-order valence-electron chi connectivity index (χ1n) is 5.42. The van der Waals surface area contributed by atoms with Gasteiger partial charge in [0.15, 0.2) is 0 Å². The predicted octanol–water partition coefficient (Wildman–Crippen LogP) is 2.72. The van der Waals surface area contributed by atoms with Crippen molar-refractivity contribution in [3.8, 4) is 0 Å². The van der Waals surface area contributed by atoms with Gasteiger partial charge in [0.2, 0.25) is 0 Å². The molecular weight excluding hydrogens is 190 g/mol. The highest BCUT2D eigenvalue weighted by Crippen LogP contribution is 2.41. The van der Waals surface area contributed by atoms with E-state index in [2.05, 4.69) is 35.7 Å². The van der Waals surface area contributed by atoms with E-state index in [4.69, 9.17) is 0 Å². The van der Waals surface area contributed by atoms with Gasteiger partial charge < -0.3 is 4.90 Å². The Morgan fingerprint density at radius 2 is 2.29 bits per heavy atom. The van der Waals surface area contributed by atoms with Crippen LogP contribution in [0.15, 0.2) is 17.0 Å².